The third kappa shape index (κ3) is 5.11. The second-order valence-electron chi connectivity index (χ2n) is 9.94. The Balaban J connectivity index is 1.31. The zero-order chi connectivity index (χ0) is 26.7. The van der Waals surface area contributed by atoms with Gasteiger partial charge in [0.1, 0.15) is 12.1 Å². The molecule has 3 aromatic carbocycles. The van der Waals surface area contributed by atoms with Gasteiger partial charge in [0.05, 0.1) is 12.7 Å². The van der Waals surface area contributed by atoms with Gasteiger partial charge in [0.15, 0.2) is 0 Å². The summed E-state index contributed by atoms with van der Waals surface area (Å²) in [5.41, 5.74) is 1.71. The Kier molecular flexibility index (Phi) is 7.38. The van der Waals surface area contributed by atoms with Crippen molar-refractivity contribution < 1.29 is 14.4 Å². The normalized spacial score (nSPS) is 17.5. The Labute approximate surface area is 228 Å². The van der Waals surface area contributed by atoms with E-state index in [4.69, 9.17) is 11.6 Å². The molecule has 0 aliphatic carbocycles. The number of halogens is 1. The van der Waals surface area contributed by atoms with Crippen LogP contribution in [0.25, 0.3) is 0 Å². The molecule has 3 amide bonds. The number of likely N-dealkylation sites (tertiary alicyclic amines) is 1. The van der Waals surface area contributed by atoms with Crippen LogP contribution < -0.4 is 10.2 Å². The van der Waals surface area contributed by atoms with Crippen molar-refractivity contribution in [1.82, 2.24) is 15.1 Å². The molecule has 2 saturated heterocycles. The molecule has 0 unspecified atom stereocenters. The maximum atomic E-state index is 13.9. The molecule has 3 aromatic rings. The number of nitrogens with zero attached hydrogens (tertiary/aromatic N) is 3. The van der Waals surface area contributed by atoms with Gasteiger partial charge >= 0.3 is 0 Å². The molecule has 2 heterocycles. The van der Waals surface area contributed by atoms with Gasteiger partial charge in [-0.15, -0.1) is 0 Å². The number of amides is 3. The highest BCUT2D eigenvalue weighted by atomic mass is 35.5. The van der Waals surface area contributed by atoms with Gasteiger partial charge in [0, 0.05) is 29.4 Å². The van der Waals surface area contributed by atoms with Crippen LogP contribution in [0, 0.1) is 0 Å². The number of hydrogen-bond donors (Lipinski definition) is 1. The minimum atomic E-state index is -0.802. The number of hydrogen-bond acceptors (Lipinski definition) is 4. The van der Waals surface area contributed by atoms with Gasteiger partial charge in [-0.2, -0.15) is 0 Å². The lowest BCUT2D eigenvalue weighted by Gasteiger charge is -2.43. The van der Waals surface area contributed by atoms with Crippen molar-refractivity contribution in [2.75, 3.05) is 31.2 Å². The van der Waals surface area contributed by atoms with Gasteiger partial charge < -0.3 is 20.0 Å². The number of piperidine rings is 1. The summed E-state index contributed by atoms with van der Waals surface area (Å²) in [6.07, 6.45) is 0.969. The van der Waals surface area contributed by atoms with Gasteiger partial charge in [-0.1, -0.05) is 60.1 Å². The Morgan fingerprint density at radius 1 is 0.921 bits per heavy atom. The lowest BCUT2D eigenvalue weighted by molar-refractivity contribution is -0.137. The molecule has 2 aliphatic rings. The van der Waals surface area contributed by atoms with Crippen LogP contribution in [0.2, 0.25) is 5.02 Å². The standard InChI is InChI=1S/C30H31ClN4O3/c1-22(23-8-4-2-5-9-23)32-27(36)20-34-21-35(26-10-6-3-7-11-26)30(29(34)38)16-18-33(19-17-30)28(37)24-12-14-25(31)15-13-24/h2-15,22H,16-21H2,1H3,(H,32,36)/t22-/m1/s1. The number of carbonyl (C=O) groups is 3. The molecule has 8 heteroatoms. The molecular formula is C30H31ClN4O3. The van der Waals surface area contributed by atoms with Crippen LogP contribution in [0.15, 0.2) is 84.9 Å². The predicted octanol–water partition coefficient (Wildman–Crippen LogP) is 4.50. The number of rotatable bonds is 6. The minimum Gasteiger partial charge on any atom is -0.348 e. The summed E-state index contributed by atoms with van der Waals surface area (Å²) in [6.45, 7) is 3.13. The summed E-state index contributed by atoms with van der Waals surface area (Å²) < 4.78 is 0. The first-order valence-electron chi connectivity index (χ1n) is 12.9. The molecule has 1 N–H and O–H groups in total. The quantitative estimate of drug-likeness (QED) is 0.509. The van der Waals surface area contributed by atoms with Crippen molar-refractivity contribution in [1.29, 1.82) is 0 Å². The van der Waals surface area contributed by atoms with Crippen LogP contribution in [-0.4, -0.2) is 59.4 Å². The first-order chi connectivity index (χ1) is 18.4. The van der Waals surface area contributed by atoms with E-state index in [2.05, 4.69) is 10.2 Å². The monoisotopic (exact) mass is 530 g/mol. The highest BCUT2D eigenvalue weighted by molar-refractivity contribution is 6.30. The van der Waals surface area contributed by atoms with E-state index in [0.29, 0.717) is 43.2 Å². The van der Waals surface area contributed by atoms with E-state index in [9.17, 15) is 14.4 Å². The Hall–Kier alpha value is -3.84. The van der Waals surface area contributed by atoms with E-state index in [-0.39, 0.29) is 30.3 Å². The smallest absolute Gasteiger partial charge is 0.253 e. The van der Waals surface area contributed by atoms with E-state index < -0.39 is 5.54 Å². The molecular weight excluding hydrogens is 500 g/mol. The summed E-state index contributed by atoms with van der Waals surface area (Å²) in [5.74, 6) is -0.336. The Morgan fingerprint density at radius 2 is 1.53 bits per heavy atom. The van der Waals surface area contributed by atoms with Crippen LogP contribution in [-0.2, 0) is 9.59 Å². The van der Waals surface area contributed by atoms with Crippen LogP contribution in [0.3, 0.4) is 0 Å². The summed E-state index contributed by atoms with van der Waals surface area (Å²) in [6, 6.07) is 26.3. The zero-order valence-electron chi connectivity index (χ0n) is 21.3. The lowest BCUT2D eigenvalue weighted by Crippen LogP contribution is -2.57. The minimum absolute atomic E-state index is 0.0193. The average molecular weight is 531 g/mol. The van der Waals surface area contributed by atoms with Crippen molar-refractivity contribution in [3.05, 3.63) is 101 Å². The highest BCUT2D eigenvalue weighted by Gasteiger charge is 2.54. The zero-order valence-corrected chi connectivity index (χ0v) is 22.1. The molecule has 5 rings (SSSR count). The number of para-hydroxylation sites is 1. The Bertz CT molecular complexity index is 1290. The second-order valence-corrected chi connectivity index (χ2v) is 10.4. The predicted molar refractivity (Wildman–Crippen MR) is 148 cm³/mol. The van der Waals surface area contributed by atoms with E-state index in [0.717, 1.165) is 11.3 Å². The van der Waals surface area contributed by atoms with Gasteiger partial charge in [0.25, 0.3) is 11.8 Å². The maximum Gasteiger partial charge on any atom is 0.253 e. The second kappa shape index (κ2) is 10.9. The first kappa shape index (κ1) is 25.8. The van der Waals surface area contributed by atoms with Crippen molar-refractivity contribution in [3.8, 4) is 0 Å². The van der Waals surface area contributed by atoms with Gasteiger partial charge in [0.2, 0.25) is 5.91 Å². The topological polar surface area (TPSA) is 73.0 Å². The molecule has 1 spiro atoms. The van der Waals surface area contributed by atoms with Gasteiger partial charge in [-0.3, -0.25) is 14.4 Å². The number of benzene rings is 3. The maximum absolute atomic E-state index is 13.9. The third-order valence-corrected chi connectivity index (χ3v) is 7.81. The SMILES string of the molecule is C[C@@H](NC(=O)CN1CN(c2ccccc2)C2(CCN(C(=O)c3ccc(Cl)cc3)CC2)C1=O)c1ccccc1. The fourth-order valence-corrected chi connectivity index (χ4v) is 5.59. The number of nitrogens with one attached hydrogen (secondary N) is 1. The molecule has 196 valence electrons. The molecule has 2 fully saturated rings. The number of anilines is 1. The largest absolute Gasteiger partial charge is 0.348 e. The van der Waals surface area contributed by atoms with Crippen LogP contribution in [0.4, 0.5) is 5.69 Å². The van der Waals surface area contributed by atoms with E-state index in [1.54, 1.807) is 34.1 Å². The summed E-state index contributed by atoms with van der Waals surface area (Å²) in [4.78, 5) is 45.5. The molecule has 0 radical (unpaired) electrons. The molecule has 7 nitrogen and oxygen atoms in total. The first-order valence-corrected chi connectivity index (χ1v) is 13.3. The lowest BCUT2D eigenvalue weighted by atomic mass is 9.85. The van der Waals surface area contributed by atoms with Crippen LogP contribution in [0.5, 0.6) is 0 Å². The summed E-state index contributed by atoms with van der Waals surface area (Å²) in [7, 11) is 0. The van der Waals surface area contributed by atoms with E-state index in [1.807, 2.05) is 67.6 Å². The molecule has 0 bridgehead atoms. The van der Waals surface area contributed by atoms with Crippen molar-refractivity contribution >= 4 is 35.0 Å². The van der Waals surface area contributed by atoms with Crippen LogP contribution >= 0.6 is 11.6 Å². The van der Waals surface area contributed by atoms with E-state index in [1.165, 1.54) is 0 Å². The van der Waals surface area contributed by atoms with Crippen molar-refractivity contribution in [3.63, 3.8) is 0 Å². The van der Waals surface area contributed by atoms with Gasteiger partial charge in [-0.25, -0.2) is 0 Å². The van der Waals surface area contributed by atoms with E-state index >= 15 is 0 Å². The summed E-state index contributed by atoms with van der Waals surface area (Å²) in [5, 5.41) is 3.60. The molecule has 0 saturated carbocycles. The Morgan fingerprint density at radius 3 is 2.16 bits per heavy atom. The van der Waals surface area contributed by atoms with Crippen molar-refractivity contribution in [2.24, 2.45) is 0 Å². The molecule has 0 aromatic heterocycles. The van der Waals surface area contributed by atoms with Crippen molar-refractivity contribution in [2.45, 2.75) is 31.3 Å². The molecule has 38 heavy (non-hydrogen) atoms. The fraction of sp³-hybridized carbons (Fsp3) is 0.300. The summed E-state index contributed by atoms with van der Waals surface area (Å²) >= 11 is 5.98. The van der Waals surface area contributed by atoms with Crippen LogP contribution in [0.1, 0.15) is 41.7 Å². The molecule has 1 atom stereocenters. The third-order valence-electron chi connectivity index (χ3n) is 7.56. The highest BCUT2D eigenvalue weighted by Crippen LogP contribution is 2.39. The van der Waals surface area contributed by atoms with Gasteiger partial charge in [-0.05, 0) is 61.7 Å². The number of carbonyl (C=O) groups excluding carboxylic acids is 3. The average Bonchev–Trinajstić information content (AvgIpc) is 3.20. The fourth-order valence-electron chi connectivity index (χ4n) is 5.46. The molecule has 2 aliphatic heterocycles.